The van der Waals surface area contributed by atoms with Crippen molar-refractivity contribution in [1.29, 1.82) is 0 Å². The lowest BCUT2D eigenvalue weighted by molar-refractivity contribution is 0.0982. The molecule has 1 N–H and O–H groups in total. The Hall–Kier alpha value is -2.24. The molecular formula is C10H11N5O. The van der Waals surface area contributed by atoms with E-state index in [2.05, 4.69) is 20.2 Å². The van der Waals surface area contributed by atoms with Crippen molar-refractivity contribution in [3.63, 3.8) is 0 Å². The van der Waals surface area contributed by atoms with E-state index < -0.39 is 0 Å². The van der Waals surface area contributed by atoms with Crippen LogP contribution >= 0.6 is 0 Å². The maximum Gasteiger partial charge on any atom is 0.279 e. The lowest BCUT2D eigenvalue weighted by atomic mass is 10.3. The Balaban J connectivity index is 2.27. The second-order valence-corrected chi connectivity index (χ2v) is 3.08. The van der Waals surface area contributed by atoms with E-state index in [0.29, 0.717) is 18.2 Å². The maximum absolute atomic E-state index is 12.0. The lowest BCUT2D eigenvalue weighted by Crippen LogP contribution is -2.32. The molecule has 0 atom stereocenters. The summed E-state index contributed by atoms with van der Waals surface area (Å²) in [7, 11) is 0. The molecule has 0 saturated heterocycles. The first-order chi connectivity index (χ1) is 7.83. The van der Waals surface area contributed by atoms with E-state index in [9.17, 15) is 4.79 Å². The number of hydrogen-bond acceptors (Lipinski definition) is 4. The van der Waals surface area contributed by atoms with Gasteiger partial charge in [0.05, 0.1) is 0 Å². The third kappa shape index (κ3) is 1.90. The van der Waals surface area contributed by atoms with Crippen molar-refractivity contribution in [3.05, 3.63) is 36.4 Å². The first kappa shape index (κ1) is 10.3. The maximum atomic E-state index is 12.0. The highest BCUT2D eigenvalue weighted by atomic mass is 16.2. The molecule has 0 aliphatic carbocycles. The van der Waals surface area contributed by atoms with E-state index in [1.807, 2.05) is 6.92 Å². The van der Waals surface area contributed by atoms with Crippen LogP contribution in [-0.2, 0) is 0 Å². The second kappa shape index (κ2) is 4.52. The number of hydrogen-bond donors (Lipinski definition) is 1. The molecule has 0 aliphatic rings. The minimum Gasteiger partial charge on any atom is -0.313 e. The van der Waals surface area contributed by atoms with Gasteiger partial charge in [-0.05, 0) is 19.1 Å². The van der Waals surface area contributed by atoms with Gasteiger partial charge in [0.15, 0.2) is 0 Å². The molecule has 82 valence electrons. The molecular weight excluding hydrogens is 206 g/mol. The summed E-state index contributed by atoms with van der Waals surface area (Å²) >= 11 is 0. The molecule has 2 rings (SSSR count). The lowest BCUT2D eigenvalue weighted by Gasteiger charge is -2.16. The summed E-state index contributed by atoms with van der Waals surface area (Å²) in [4.78, 5) is 20.3. The van der Waals surface area contributed by atoms with Crippen molar-refractivity contribution in [2.24, 2.45) is 0 Å². The van der Waals surface area contributed by atoms with Crippen molar-refractivity contribution in [2.75, 3.05) is 11.4 Å². The molecule has 0 saturated carbocycles. The zero-order chi connectivity index (χ0) is 11.4. The monoisotopic (exact) mass is 217 g/mol. The summed E-state index contributed by atoms with van der Waals surface area (Å²) in [6.45, 7) is 2.37. The fourth-order valence-corrected chi connectivity index (χ4v) is 1.35. The minimum absolute atomic E-state index is 0.195. The summed E-state index contributed by atoms with van der Waals surface area (Å²) in [5.41, 5.74) is 0.390. The number of pyridine rings is 1. The third-order valence-corrected chi connectivity index (χ3v) is 2.10. The second-order valence-electron chi connectivity index (χ2n) is 3.08. The molecule has 6 nitrogen and oxygen atoms in total. The van der Waals surface area contributed by atoms with Gasteiger partial charge < -0.3 is 4.98 Å². The average Bonchev–Trinajstić information content (AvgIpc) is 2.85. The topological polar surface area (TPSA) is 74.8 Å². The summed E-state index contributed by atoms with van der Waals surface area (Å²) < 4.78 is 0. The SMILES string of the molecule is CCN(C(=O)c1ccccn1)c1nnc[nH]1. The van der Waals surface area contributed by atoms with Gasteiger partial charge in [-0.2, -0.15) is 0 Å². The van der Waals surface area contributed by atoms with Crippen LogP contribution in [-0.4, -0.2) is 32.6 Å². The fourth-order valence-electron chi connectivity index (χ4n) is 1.35. The number of nitrogens with one attached hydrogen (secondary N) is 1. The van der Waals surface area contributed by atoms with Gasteiger partial charge in [0.2, 0.25) is 5.95 Å². The van der Waals surface area contributed by atoms with Gasteiger partial charge in [-0.25, -0.2) is 0 Å². The Labute approximate surface area is 92.3 Å². The minimum atomic E-state index is -0.195. The zero-order valence-electron chi connectivity index (χ0n) is 8.79. The molecule has 2 heterocycles. The van der Waals surface area contributed by atoms with Gasteiger partial charge in [0, 0.05) is 12.7 Å². The Morgan fingerprint density at radius 3 is 2.94 bits per heavy atom. The van der Waals surface area contributed by atoms with Crippen molar-refractivity contribution >= 4 is 11.9 Å². The van der Waals surface area contributed by atoms with Crippen LogP contribution < -0.4 is 4.90 Å². The molecule has 0 aliphatic heterocycles. The van der Waals surface area contributed by atoms with Crippen LogP contribution in [0.3, 0.4) is 0 Å². The van der Waals surface area contributed by atoms with Crippen LogP contribution in [0, 0.1) is 0 Å². The van der Waals surface area contributed by atoms with Crippen molar-refractivity contribution < 1.29 is 4.79 Å². The summed E-state index contributed by atoms with van der Waals surface area (Å²) in [6, 6.07) is 5.21. The normalized spacial score (nSPS) is 10.1. The van der Waals surface area contributed by atoms with Gasteiger partial charge in [0.25, 0.3) is 5.91 Å². The number of aromatic nitrogens is 4. The van der Waals surface area contributed by atoms with Crippen LogP contribution in [0.5, 0.6) is 0 Å². The first-order valence-electron chi connectivity index (χ1n) is 4.92. The number of rotatable bonds is 3. The number of nitrogens with zero attached hydrogens (tertiary/aromatic N) is 4. The molecule has 0 spiro atoms. The summed E-state index contributed by atoms with van der Waals surface area (Å²) in [6.07, 6.45) is 3.02. The van der Waals surface area contributed by atoms with Crippen LogP contribution in [0.2, 0.25) is 0 Å². The van der Waals surface area contributed by atoms with Crippen LogP contribution in [0.1, 0.15) is 17.4 Å². The van der Waals surface area contributed by atoms with Gasteiger partial charge in [-0.1, -0.05) is 6.07 Å². The number of anilines is 1. The quantitative estimate of drug-likeness (QED) is 0.827. The molecule has 16 heavy (non-hydrogen) atoms. The molecule has 0 fully saturated rings. The Bertz CT molecular complexity index is 453. The largest absolute Gasteiger partial charge is 0.313 e. The van der Waals surface area contributed by atoms with Gasteiger partial charge in [0.1, 0.15) is 12.0 Å². The smallest absolute Gasteiger partial charge is 0.279 e. The first-order valence-corrected chi connectivity index (χ1v) is 4.92. The van der Waals surface area contributed by atoms with Crippen LogP contribution in [0.4, 0.5) is 5.95 Å². The average molecular weight is 217 g/mol. The molecule has 0 bridgehead atoms. The van der Waals surface area contributed by atoms with Crippen LogP contribution in [0.25, 0.3) is 0 Å². The van der Waals surface area contributed by atoms with E-state index >= 15 is 0 Å². The van der Waals surface area contributed by atoms with Crippen molar-refractivity contribution in [3.8, 4) is 0 Å². The molecule has 0 unspecified atom stereocenters. The van der Waals surface area contributed by atoms with E-state index in [0.717, 1.165) is 0 Å². The molecule has 2 aromatic rings. The molecule has 6 heteroatoms. The predicted octanol–water partition coefficient (Wildman–Crippen LogP) is 0.866. The molecule has 2 aromatic heterocycles. The highest BCUT2D eigenvalue weighted by Gasteiger charge is 2.18. The van der Waals surface area contributed by atoms with E-state index in [1.54, 1.807) is 24.4 Å². The van der Waals surface area contributed by atoms with Crippen molar-refractivity contribution in [2.45, 2.75) is 6.92 Å². The number of carbonyl (C=O) groups is 1. The number of amides is 1. The number of H-pyrrole nitrogens is 1. The Morgan fingerprint density at radius 2 is 2.38 bits per heavy atom. The van der Waals surface area contributed by atoms with Crippen LogP contribution in [0.15, 0.2) is 30.7 Å². The standard InChI is InChI=1S/C10H11N5O/c1-2-15(10-12-7-13-14-10)9(16)8-5-3-4-6-11-8/h3-7H,2H2,1H3,(H,12,13,14). The number of aromatic amines is 1. The van der Waals surface area contributed by atoms with E-state index in [1.165, 1.54) is 11.2 Å². The molecule has 0 aromatic carbocycles. The Kier molecular flexibility index (Phi) is 2.90. The zero-order valence-corrected chi connectivity index (χ0v) is 8.79. The highest BCUT2D eigenvalue weighted by molar-refractivity contribution is 6.03. The summed E-state index contributed by atoms with van der Waals surface area (Å²) in [5.74, 6) is 0.234. The van der Waals surface area contributed by atoms with E-state index in [4.69, 9.17) is 0 Å². The number of carbonyl (C=O) groups excluding carboxylic acids is 1. The van der Waals surface area contributed by atoms with Crippen molar-refractivity contribution in [1.82, 2.24) is 20.2 Å². The summed E-state index contributed by atoms with van der Waals surface area (Å²) in [5, 5.41) is 7.45. The molecule has 0 radical (unpaired) electrons. The fraction of sp³-hybridized carbons (Fsp3) is 0.200. The van der Waals surface area contributed by atoms with Gasteiger partial charge >= 0.3 is 0 Å². The predicted molar refractivity (Wildman–Crippen MR) is 58.0 cm³/mol. The third-order valence-electron chi connectivity index (χ3n) is 2.10. The van der Waals surface area contributed by atoms with Gasteiger partial charge in [-0.3, -0.25) is 14.7 Å². The Morgan fingerprint density at radius 1 is 1.50 bits per heavy atom. The van der Waals surface area contributed by atoms with E-state index in [-0.39, 0.29) is 5.91 Å². The molecule has 1 amide bonds. The highest BCUT2D eigenvalue weighted by Crippen LogP contribution is 2.08. The van der Waals surface area contributed by atoms with Gasteiger partial charge in [-0.15, -0.1) is 10.2 Å².